The maximum absolute atomic E-state index is 11.9. The summed E-state index contributed by atoms with van der Waals surface area (Å²) in [5, 5.41) is -0.444. The molecule has 1 aliphatic carbocycles. The Hall–Kier alpha value is -2.58. The van der Waals surface area contributed by atoms with E-state index >= 15 is 0 Å². The van der Waals surface area contributed by atoms with Crippen LogP contribution in [0.1, 0.15) is 25.3 Å². The molecule has 0 radical (unpaired) electrons. The molecule has 1 aromatic rings. The van der Waals surface area contributed by atoms with E-state index < -0.39 is 19.1 Å². The van der Waals surface area contributed by atoms with Crippen LogP contribution < -0.4 is 0 Å². The van der Waals surface area contributed by atoms with Gasteiger partial charge in [-0.1, -0.05) is 18.2 Å². The van der Waals surface area contributed by atoms with Gasteiger partial charge < -0.3 is 9.53 Å². The minimum absolute atomic E-state index is 0.000926. The quantitative estimate of drug-likeness (QED) is 0.250. The summed E-state index contributed by atoms with van der Waals surface area (Å²) in [7, 11) is -3.67. The highest BCUT2D eigenvalue weighted by Crippen LogP contribution is 2.25. The first-order valence-electron chi connectivity index (χ1n) is 7.83. The lowest BCUT2D eigenvalue weighted by molar-refractivity contribution is -0.303. The molecule has 0 unspecified atom stereocenters. The number of Topliss-reactive ketones (excluding diaryl/α,β-unsaturated/α-hetero) is 1. The molecule has 1 aromatic carbocycles. The average Bonchev–Trinajstić information content (AvgIpc) is 2.60. The van der Waals surface area contributed by atoms with Crippen molar-refractivity contribution in [1.29, 1.82) is 0 Å². The van der Waals surface area contributed by atoms with E-state index in [1.165, 1.54) is 25.2 Å². The zero-order valence-electron chi connectivity index (χ0n) is 15.0. The summed E-state index contributed by atoms with van der Waals surface area (Å²) < 4.78 is 68.5. The van der Waals surface area contributed by atoms with Gasteiger partial charge in [-0.2, -0.15) is 0 Å². The summed E-state index contributed by atoms with van der Waals surface area (Å²) in [6, 6.07) is 9.28. The smallest absolute Gasteiger partial charge is 0.356 e. The number of carbonyl (C=O) groups excluding carboxylic acids is 2. The van der Waals surface area contributed by atoms with Crippen molar-refractivity contribution in [2.75, 3.05) is 0 Å². The lowest BCUT2D eigenvalue weighted by Crippen LogP contribution is -2.12. The van der Waals surface area contributed by atoms with Crippen LogP contribution >= 0.6 is 11.6 Å². The summed E-state index contributed by atoms with van der Waals surface area (Å²) in [4.78, 5) is 20.1. The van der Waals surface area contributed by atoms with Crippen molar-refractivity contribution in [2.24, 2.45) is 0 Å². The van der Waals surface area contributed by atoms with Gasteiger partial charge in [0.1, 0.15) is 11.9 Å². The van der Waals surface area contributed by atoms with Crippen LogP contribution in [0.4, 0.5) is 26.1 Å². The first kappa shape index (κ1) is 26.4. The van der Waals surface area contributed by atoms with Crippen molar-refractivity contribution < 1.29 is 40.4 Å². The number of allylic oxidation sites excluding steroid dienone is 5. The highest BCUT2D eigenvalue weighted by molar-refractivity contribution is 6.63. The monoisotopic (exact) mass is 439 g/mol. The summed E-state index contributed by atoms with van der Waals surface area (Å²) in [6.07, 6.45) is 2.50. The Labute approximate surface area is 168 Å². The number of rotatable bonds is 5. The van der Waals surface area contributed by atoms with E-state index in [-0.39, 0.29) is 24.4 Å². The van der Waals surface area contributed by atoms with Crippen molar-refractivity contribution in [3.63, 3.8) is 0 Å². The number of carbonyl (C=O) groups is 2. The van der Waals surface area contributed by atoms with Crippen molar-refractivity contribution in [2.45, 2.75) is 26.1 Å². The molecule has 0 saturated heterocycles. The van der Waals surface area contributed by atoms with Crippen LogP contribution in [0.2, 0.25) is 0 Å². The number of benzene rings is 1. The molecule has 2 rings (SSSR count). The molecule has 0 saturated carbocycles. The van der Waals surface area contributed by atoms with E-state index in [0.717, 1.165) is 11.1 Å². The van der Waals surface area contributed by atoms with Gasteiger partial charge in [0.15, 0.2) is 5.57 Å². The van der Waals surface area contributed by atoms with Crippen LogP contribution in [0.15, 0.2) is 54.3 Å². The van der Waals surface area contributed by atoms with Crippen LogP contribution in [0.3, 0.4) is 0 Å². The number of hydrogen-bond donors (Lipinski definition) is 0. The number of hydrogen-bond acceptors (Lipinski definition) is 3. The number of ether oxygens (including phenoxy) is 1. The highest BCUT2D eigenvalue weighted by atomic mass is 35.5. The van der Waals surface area contributed by atoms with Crippen LogP contribution in [-0.4, -0.2) is 24.9 Å². The molecule has 0 amide bonds. The summed E-state index contributed by atoms with van der Waals surface area (Å²) >= 11 is 4.93. The maximum atomic E-state index is 11.9. The molecular weight excluding hydrogens is 424 g/mol. The Kier molecular flexibility index (Phi) is 12.4. The van der Waals surface area contributed by atoms with Gasteiger partial charge in [0.25, 0.3) is 0 Å². The second-order valence-corrected chi connectivity index (χ2v) is 5.58. The van der Waals surface area contributed by atoms with Gasteiger partial charge in [0, 0.05) is 25.0 Å². The number of halogens is 7. The fraction of sp³-hybridized carbons (Fsp3) is 0.222. The molecule has 0 bridgehead atoms. The minimum Gasteiger partial charge on any atom is -0.356 e. The zero-order chi connectivity index (χ0) is 22.4. The third-order valence-corrected chi connectivity index (χ3v) is 2.97. The molecule has 11 heteroatoms. The number of alkyl halides is 3. The van der Waals surface area contributed by atoms with E-state index in [4.69, 9.17) is 11.6 Å². The molecule has 0 heterocycles. The first-order chi connectivity index (χ1) is 13.4. The Bertz CT molecular complexity index is 729. The molecule has 3 nitrogen and oxygen atoms in total. The van der Waals surface area contributed by atoms with E-state index in [1.807, 2.05) is 30.3 Å². The van der Waals surface area contributed by atoms with E-state index in [1.54, 1.807) is 0 Å². The third-order valence-electron chi connectivity index (χ3n) is 2.78. The SMILES string of the molecule is CC(=O)CCC(=O)Cl.FB(F)F.FC(F)(F)OC1=C[C+]=C(c2ccccc2)C=C1. The molecule has 29 heavy (non-hydrogen) atoms. The number of ketones is 1. The molecule has 0 N–H and O–H groups in total. The normalized spacial score (nSPS) is 12.0. The van der Waals surface area contributed by atoms with Gasteiger partial charge in [0.2, 0.25) is 11.0 Å². The molecule has 0 spiro atoms. The van der Waals surface area contributed by atoms with Crippen molar-refractivity contribution in [3.8, 4) is 0 Å². The zero-order valence-corrected chi connectivity index (χ0v) is 15.7. The van der Waals surface area contributed by atoms with Crippen LogP contribution in [0.5, 0.6) is 0 Å². The average molecular weight is 440 g/mol. The predicted molar refractivity (Wildman–Crippen MR) is 97.3 cm³/mol. The van der Waals surface area contributed by atoms with Gasteiger partial charge in [-0.15, -0.1) is 13.2 Å². The van der Waals surface area contributed by atoms with Crippen LogP contribution in [-0.2, 0) is 14.3 Å². The molecular formula is C18H15BClF6O3+. The molecule has 0 aromatic heterocycles. The van der Waals surface area contributed by atoms with E-state index in [9.17, 15) is 35.7 Å². The molecule has 1 aliphatic rings. The van der Waals surface area contributed by atoms with E-state index in [0.29, 0.717) is 0 Å². The minimum atomic E-state index is -4.66. The summed E-state index contributed by atoms with van der Waals surface area (Å²) in [5.74, 6) is -0.267. The summed E-state index contributed by atoms with van der Waals surface area (Å²) in [5.41, 5.74) is 1.62. The Balaban J connectivity index is 0.000000547. The van der Waals surface area contributed by atoms with Gasteiger partial charge in [-0.05, 0) is 30.7 Å². The fourth-order valence-electron chi connectivity index (χ4n) is 1.68. The van der Waals surface area contributed by atoms with E-state index in [2.05, 4.69) is 10.8 Å². The van der Waals surface area contributed by atoms with Crippen LogP contribution in [0.25, 0.3) is 5.57 Å². The van der Waals surface area contributed by atoms with Crippen molar-refractivity contribution >= 4 is 35.7 Å². The van der Waals surface area contributed by atoms with Gasteiger partial charge >= 0.3 is 13.9 Å². The first-order valence-corrected chi connectivity index (χ1v) is 8.21. The Morgan fingerprint density at radius 1 is 1.07 bits per heavy atom. The lowest BCUT2D eigenvalue weighted by atomic mass is 10.0. The van der Waals surface area contributed by atoms with Gasteiger partial charge in [0.05, 0.1) is 11.6 Å². The largest absolute Gasteiger partial charge is 0.762 e. The van der Waals surface area contributed by atoms with Gasteiger partial charge in [-0.25, -0.2) is 0 Å². The molecule has 0 aliphatic heterocycles. The summed E-state index contributed by atoms with van der Waals surface area (Å²) in [6.45, 7) is 1.43. The molecule has 0 fully saturated rings. The van der Waals surface area contributed by atoms with Crippen molar-refractivity contribution in [3.05, 3.63) is 66.0 Å². The topological polar surface area (TPSA) is 43.4 Å². The molecule has 0 atom stereocenters. The standard InChI is InChI=1S/C13H8F3O.C5H7ClO2.BF3/c14-13(15,16)17-12-8-6-11(7-9-12)10-4-2-1-3-5-10;1-4(7)2-3-5(6)8;2-1(3)4/h1-6,8-9H;2-3H2,1H3;/q+1;;. The van der Waals surface area contributed by atoms with Crippen LogP contribution in [0, 0.1) is 6.08 Å². The fourth-order valence-corrected chi connectivity index (χ4v) is 1.77. The van der Waals surface area contributed by atoms with Crippen molar-refractivity contribution in [1.82, 2.24) is 0 Å². The van der Waals surface area contributed by atoms with Gasteiger partial charge in [-0.3, -0.25) is 17.7 Å². The second-order valence-electron chi connectivity index (χ2n) is 5.16. The highest BCUT2D eigenvalue weighted by Gasteiger charge is 2.34. The predicted octanol–water partition coefficient (Wildman–Crippen LogP) is 5.86. The molecule has 156 valence electrons. The Morgan fingerprint density at radius 2 is 1.62 bits per heavy atom. The third kappa shape index (κ3) is 16.1. The maximum Gasteiger partial charge on any atom is 0.762 e. The Morgan fingerprint density at radius 3 is 1.97 bits per heavy atom. The second kappa shape index (κ2) is 13.6. The lowest BCUT2D eigenvalue weighted by Gasteiger charge is -2.06.